The molecule has 3 aromatic rings. The summed E-state index contributed by atoms with van der Waals surface area (Å²) in [4.78, 5) is 43.7. The van der Waals surface area contributed by atoms with Crippen molar-refractivity contribution in [1.29, 1.82) is 0 Å². The summed E-state index contributed by atoms with van der Waals surface area (Å²) in [6.07, 6.45) is 0. The molecule has 0 aromatic heterocycles. The highest BCUT2D eigenvalue weighted by molar-refractivity contribution is 6.02. The van der Waals surface area contributed by atoms with Crippen LogP contribution in [0, 0.1) is 12.8 Å². The molecule has 6 nitrogen and oxygen atoms in total. The number of amides is 3. The summed E-state index contributed by atoms with van der Waals surface area (Å²) in [5.41, 5.74) is 2.43. The number of benzene rings is 3. The van der Waals surface area contributed by atoms with Crippen LogP contribution in [0.1, 0.15) is 29.8 Å². The molecule has 1 saturated heterocycles. The number of rotatable bonds is 6. The minimum absolute atomic E-state index is 0.0202. The summed E-state index contributed by atoms with van der Waals surface area (Å²) in [7, 11) is 0. The summed E-state index contributed by atoms with van der Waals surface area (Å²) < 4.78 is 0. The smallest absolute Gasteiger partial charge is 0.254 e. The molecule has 0 saturated carbocycles. The summed E-state index contributed by atoms with van der Waals surface area (Å²) in [6, 6.07) is 21.1. The highest BCUT2D eigenvalue weighted by atomic mass is 16.2. The molecule has 3 amide bonds. The molecule has 4 rings (SSSR count). The van der Waals surface area contributed by atoms with E-state index in [4.69, 9.17) is 0 Å². The van der Waals surface area contributed by atoms with Crippen LogP contribution in [-0.2, 0) is 9.59 Å². The molecule has 33 heavy (non-hydrogen) atoms. The average molecular weight is 444 g/mol. The van der Waals surface area contributed by atoms with Crippen LogP contribution in [-0.4, -0.2) is 53.8 Å². The van der Waals surface area contributed by atoms with Crippen molar-refractivity contribution in [1.82, 2.24) is 9.80 Å². The minimum atomic E-state index is -0.229. The van der Waals surface area contributed by atoms with Crippen LogP contribution in [0.3, 0.4) is 0 Å². The zero-order chi connectivity index (χ0) is 23.5. The van der Waals surface area contributed by atoms with E-state index in [-0.39, 0.29) is 43.4 Å². The molecule has 1 fully saturated rings. The Morgan fingerprint density at radius 2 is 1.67 bits per heavy atom. The Balaban J connectivity index is 1.49. The van der Waals surface area contributed by atoms with E-state index in [9.17, 15) is 14.4 Å². The maximum Gasteiger partial charge on any atom is 0.254 e. The van der Waals surface area contributed by atoms with Crippen LogP contribution in [0.2, 0.25) is 0 Å². The van der Waals surface area contributed by atoms with E-state index in [1.165, 1.54) is 4.90 Å². The number of carbonyl (C=O) groups is 3. The fourth-order valence-corrected chi connectivity index (χ4v) is 4.09. The SMILES string of the molecule is Cc1ccc(N2CN(C(=O)CN(CC(C)C)C(=O)c3ccc4ccccc4c3)CC2=O)cc1. The van der Waals surface area contributed by atoms with Gasteiger partial charge in [0.2, 0.25) is 11.8 Å². The van der Waals surface area contributed by atoms with Crippen LogP contribution in [0.5, 0.6) is 0 Å². The van der Waals surface area contributed by atoms with Gasteiger partial charge in [0, 0.05) is 17.8 Å². The Hall–Kier alpha value is -3.67. The number of fused-ring (bicyclic) bond motifs is 1. The van der Waals surface area contributed by atoms with Crippen LogP contribution in [0.15, 0.2) is 66.7 Å². The summed E-state index contributed by atoms with van der Waals surface area (Å²) >= 11 is 0. The van der Waals surface area contributed by atoms with Crippen molar-refractivity contribution < 1.29 is 14.4 Å². The Bertz CT molecular complexity index is 1190. The molecule has 6 heteroatoms. The first-order valence-electron chi connectivity index (χ1n) is 11.2. The van der Waals surface area contributed by atoms with E-state index >= 15 is 0 Å². The molecule has 0 atom stereocenters. The average Bonchev–Trinajstić information content (AvgIpc) is 3.19. The van der Waals surface area contributed by atoms with Gasteiger partial charge in [-0.05, 0) is 47.9 Å². The number of hydrogen-bond acceptors (Lipinski definition) is 3. The lowest BCUT2D eigenvalue weighted by atomic mass is 10.1. The molecule has 0 N–H and O–H groups in total. The van der Waals surface area contributed by atoms with Crippen molar-refractivity contribution in [2.75, 3.05) is 31.2 Å². The fourth-order valence-electron chi connectivity index (χ4n) is 4.09. The molecule has 170 valence electrons. The van der Waals surface area contributed by atoms with E-state index in [1.54, 1.807) is 15.9 Å². The van der Waals surface area contributed by atoms with Crippen molar-refractivity contribution in [3.63, 3.8) is 0 Å². The number of aryl methyl sites for hydroxylation is 1. The second-order valence-electron chi connectivity index (χ2n) is 9.03. The van der Waals surface area contributed by atoms with Gasteiger partial charge in [-0.2, -0.15) is 0 Å². The van der Waals surface area contributed by atoms with Gasteiger partial charge >= 0.3 is 0 Å². The van der Waals surface area contributed by atoms with Crippen LogP contribution >= 0.6 is 0 Å². The van der Waals surface area contributed by atoms with Gasteiger partial charge in [0.05, 0.1) is 0 Å². The van der Waals surface area contributed by atoms with Crippen LogP contribution in [0.25, 0.3) is 10.8 Å². The second kappa shape index (κ2) is 9.45. The van der Waals surface area contributed by atoms with E-state index in [2.05, 4.69) is 0 Å². The van der Waals surface area contributed by atoms with Gasteiger partial charge in [0.1, 0.15) is 19.8 Å². The van der Waals surface area contributed by atoms with Crippen molar-refractivity contribution >= 4 is 34.2 Å². The maximum absolute atomic E-state index is 13.3. The third-order valence-corrected chi connectivity index (χ3v) is 5.83. The summed E-state index contributed by atoms with van der Waals surface area (Å²) in [6.45, 7) is 6.64. The van der Waals surface area contributed by atoms with E-state index < -0.39 is 0 Å². The highest BCUT2D eigenvalue weighted by Gasteiger charge is 2.33. The largest absolute Gasteiger partial charge is 0.329 e. The van der Waals surface area contributed by atoms with Gasteiger partial charge in [0.25, 0.3) is 5.91 Å². The topological polar surface area (TPSA) is 60.9 Å². The molecular weight excluding hydrogens is 414 g/mol. The number of anilines is 1. The molecule has 1 heterocycles. The summed E-state index contributed by atoms with van der Waals surface area (Å²) in [5.74, 6) is -0.327. The number of carbonyl (C=O) groups excluding carboxylic acids is 3. The van der Waals surface area contributed by atoms with Crippen molar-refractivity contribution in [3.8, 4) is 0 Å². The lowest BCUT2D eigenvalue weighted by molar-refractivity contribution is -0.132. The molecule has 0 aliphatic carbocycles. The summed E-state index contributed by atoms with van der Waals surface area (Å²) in [5, 5.41) is 2.05. The predicted molar refractivity (Wildman–Crippen MR) is 130 cm³/mol. The molecule has 0 unspecified atom stereocenters. The number of hydrogen-bond donors (Lipinski definition) is 0. The zero-order valence-corrected chi connectivity index (χ0v) is 19.3. The standard InChI is InChI=1S/C27H29N3O3/c1-19(2)15-28(27(33)23-11-10-21-6-4-5-7-22(21)14-23)16-25(31)29-17-26(32)30(18-29)24-12-8-20(3)9-13-24/h4-14,19H,15-18H2,1-3H3. The molecule has 1 aliphatic rings. The predicted octanol–water partition coefficient (Wildman–Crippen LogP) is 4.08. The van der Waals surface area contributed by atoms with Gasteiger partial charge < -0.3 is 9.80 Å². The van der Waals surface area contributed by atoms with Crippen LogP contribution in [0.4, 0.5) is 5.69 Å². The molecular formula is C27H29N3O3. The highest BCUT2D eigenvalue weighted by Crippen LogP contribution is 2.21. The van der Waals surface area contributed by atoms with Crippen molar-refractivity contribution in [3.05, 3.63) is 77.9 Å². The monoisotopic (exact) mass is 443 g/mol. The van der Waals surface area contributed by atoms with Gasteiger partial charge in [-0.1, -0.05) is 61.9 Å². The molecule has 3 aromatic carbocycles. The van der Waals surface area contributed by atoms with Crippen molar-refractivity contribution in [2.24, 2.45) is 5.92 Å². The molecule has 0 bridgehead atoms. The van der Waals surface area contributed by atoms with Crippen molar-refractivity contribution in [2.45, 2.75) is 20.8 Å². The van der Waals surface area contributed by atoms with Gasteiger partial charge in [-0.15, -0.1) is 0 Å². The Morgan fingerprint density at radius 1 is 0.970 bits per heavy atom. The molecule has 0 spiro atoms. The van der Waals surface area contributed by atoms with E-state index in [0.717, 1.165) is 22.0 Å². The lowest BCUT2D eigenvalue weighted by Gasteiger charge is -2.26. The quantitative estimate of drug-likeness (QED) is 0.577. The first-order chi connectivity index (χ1) is 15.8. The van der Waals surface area contributed by atoms with Gasteiger partial charge in [-0.3, -0.25) is 19.3 Å². The van der Waals surface area contributed by atoms with E-state index in [1.807, 2.05) is 81.4 Å². The maximum atomic E-state index is 13.3. The first-order valence-corrected chi connectivity index (χ1v) is 11.2. The molecule has 0 radical (unpaired) electrons. The zero-order valence-electron chi connectivity index (χ0n) is 19.3. The third kappa shape index (κ3) is 5.06. The Kier molecular flexibility index (Phi) is 6.45. The first kappa shape index (κ1) is 22.5. The Labute approximate surface area is 194 Å². The van der Waals surface area contributed by atoms with Gasteiger partial charge in [-0.25, -0.2) is 0 Å². The lowest BCUT2D eigenvalue weighted by Crippen LogP contribution is -2.44. The van der Waals surface area contributed by atoms with E-state index in [0.29, 0.717) is 12.1 Å². The third-order valence-electron chi connectivity index (χ3n) is 5.83. The fraction of sp³-hybridized carbons (Fsp3) is 0.296. The normalized spacial score (nSPS) is 13.8. The molecule has 1 aliphatic heterocycles. The minimum Gasteiger partial charge on any atom is -0.329 e. The number of nitrogens with zero attached hydrogens (tertiary/aromatic N) is 3. The van der Waals surface area contributed by atoms with Gasteiger partial charge in [0.15, 0.2) is 0 Å². The van der Waals surface area contributed by atoms with Crippen LogP contribution < -0.4 is 4.90 Å². The second-order valence-corrected chi connectivity index (χ2v) is 9.03. The Morgan fingerprint density at radius 3 is 2.36 bits per heavy atom.